The molecule has 124 valence electrons. The average molecular weight is 317 g/mol. The molecule has 6 nitrogen and oxygen atoms in total. The highest BCUT2D eigenvalue weighted by Crippen LogP contribution is 2.17. The topological polar surface area (TPSA) is 84.2 Å². The molecule has 1 heterocycles. The summed E-state index contributed by atoms with van der Waals surface area (Å²) in [6.45, 7) is 2.40. The van der Waals surface area contributed by atoms with E-state index in [2.05, 4.69) is 33.1 Å². The number of amides is 1. The van der Waals surface area contributed by atoms with Gasteiger partial charge in [0.1, 0.15) is 5.82 Å². The zero-order valence-electron chi connectivity index (χ0n) is 13.6. The van der Waals surface area contributed by atoms with Gasteiger partial charge >= 0.3 is 5.97 Å². The minimum Gasteiger partial charge on any atom is -0.481 e. The van der Waals surface area contributed by atoms with E-state index in [4.69, 9.17) is 5.11 Å². The number of aromatic nitrogens is 2. The highest BCUT2D eigenvalue weighted by molar-refractivity contribution is 5.77. The van der Waals surface area contributed by atoms with Crippen molar-refractivity contribution in [2.45, 2.75) is 39.0 Å². The maximum absolute atomic E-state index is 11.7. The number of nitrogens with one attached hydrogen (secondary N) is 1. The zero-order valence-corrected chi connectivity index (χ0v) is 13.6. The summed E-state index contributed by atoms with van der Waals surface area (Å²) in [6, 6.07) is 6.22. The van der Waals surface area contributed by atoms with Crippen LogP contribution >= 0.6 is 0 Å². The minimum absolute atomic E-state index is 0.0230. The Labute approximate surface area is 135 Å². The van der Waals surface area contributed by atoms with E-state index in [1.807, 2.05) is 14.0 Å². The normalized spacial score (nSPS) is 10.9. The van der Waals surface area contributed by atoms with Crippen molar-refractivity contribution >= 4 is 22.9 Å². The number of nitrogens with zero attached hydrogens (tertiary/aromatic N) is 2. The first kappa shape index (κ1) is 17.0. The molecular weight excluding hydrogens is 294 g/mol. The Morgan fingerprint density at radius 2 is 2.04 bits per heavy atom. The van der Waals surface area contributed by atoms with E-state index in [-0.39, 0.29) is 12.3 Å². The molecule has 0 aliphatic rings. The van der Waals surface area contributed by atoms with Gasteiger partial charge in [-0.15, -0.1) is 0 Å². The predicted molar refractivity (Wildman–Crippen MR) is 88.3 cm³/mol. The van der Waals surface area contributed by atoms with Crippen LogP contribution in [-0.2, 0) is 23.1 Å². The fourth-order valence-electron chi connectivity index (χ4n) is 2.53. The predicted octanol–water partition coefficient (Wildman–Crippen LogP) is 2.19. The van der Waals surface area contributed by atoms with Gasteiger partial charge in [0.15, 0.2) is 0 Å². The highest BCUT2D eigenvalue weighted by Gasteiger charge is 2.06. The van der Waals surface area contributed by atoms with Crippen LogP contribution in [0.4, 0.5) is 0 Å². The van der Waals surface area contributed by atoms with Crippen molar-refractivity contribution in [3.05, 3.63) is 29.6 Å². The number of benzene rings is 1. The van der Waals surface area contributed by atoms with Crippen LogP contribution in [0.2, 0.25) is 0 Å². The number of hydrogen-bond acceptors (Lipinski definition) is 3. The largest absolute Gasteiger partial charge is 0.481 e. The van der Waals surface area contributed by atoms with Crippen LogP contribution in [0, 0.1) is 6.92 Å². The van der Waals surface area contributed by atoms with Crippen molar-refractivity contribution in [1.82, 2.24) is 14.9 Å². The molecule has 23 heavy (non-hydrogen) atoms. The Kier molecular flexibility index (Phi) is 5.73. The molecule has 6 heteroatoms. The second kappa shape index (κ2) is 7.76. The summed E-state index contributed by atoms with van der Waals surface area (Å²) in [5.41, 5.74) is 3.28. The first-order valence-electron chi connectivity index (χ1n) is 7.88. The van der Waals surface area contributed by atoms with Gasteiger partial charge in [-0.05, 0) is 43.9 Å². The van der Waals surface area contributed by atoms with Crippen LogP contribution in [0.25, 0.3) is 11.0 Å². The van der Waals surface area contributed by atoms with Crippen LogP contribution in [0.3, 0.4) is 0 Å². The van der Waals surface area contributed by atoms with Crippen molar-refractivity contribution in [3.8, 4) is 0 Å². The van der Waals surface area contributed by atoms with Crippen molar-refractivity contribution in [2.24, 2.45) is 7.05 Å². The Morgan fingerprint density at radius 3 is 2.78 bits per heavy atom. The molecular formula is C17H23N3O3. The van der Waals surface area contributed by atoms with E-state index < -0.39 is 5.97 Å². The molecule has 1 aromatic heterocycles. The van der Waals surface area contributed by atoms with Crippen LogP contribution < -0.4 is 5.32 Å². The maximum atomic E-state index is 11.7. The fourth-order valence-corrected chi connectivity index (χ4v) is 2.53. The number of imidazole rings is 1. The summed E-state index contributed by atoms with van der Waals surface area (Å²) >= 11 is 0. The van der Waals surface area contributed by atoms with E-state index in [9.17, 15) is 9.59 Å². The fraction of sp³-hybridized carbons (Fsp3) is 0.471. The van der Waals surface area contributed by atoms with Gasteiger partial charge in [-0.1, -0.05) is 6.07 Å². The molecule has 0 saturated heterocycles. The molecule has 0 saturated carbocycles. The maximum Gasteiger partial charge on any atom is 0.303 e. The molecule has 0 radical (unpaired) electrons. The Bertz CT molecular complexity index is 706. The molecule has 2 N–H and O–H groups in total. The number of carbonyl (C=O) groups is 2. The summed E-state index contributed by atoms with van der Waals surface area (Å²) < 4.78 is 2.06. The lowest BCUT2D eigenvalue weighted by atomic mass is 10.1. The number of aliphatic carboxylic acids is 1. The van der Waals surface area contributed by atoms with Crippen LogP contribution in [0.1, 0.15) is 37.1 Å². The standard InChI is InChI=1S/C17H23N3O3/c1-12-19-14-11-13(8-9-15(14)20(12)2)5-3-6-16(21)18-10-4-7-17(22)23/h8-9,11H,3-7,10H2,1-2H3,(H,18,21)(H,22,23). The number of fused-ring (bicyclic) bond motifs is 1. The molecule has 0 spiro atoms. The molecule has 2 aromatic rings. The van der Waals surface area contributed by atoms with E-state index in [1.165, 1.54) is 5.56 Å². The molecule has 0 unspecified atom stereocenters. The summed E-state index contributed by atoms with van der Waals surface area (Å²) in [5, 5.41) is 11.3. The van der Waals surface area contributed by atoms with Gasteiger partial charge in [0.2, 0.25) is 5.91 Å². The lowest BCUT2D eigenvalue weighted by Crippen LogP contribution is -2.24. The average Bonchev–Trinajstić information content (AvgIpc) is 2.78. The van der Waals surface area contributed by atoms with Gasteiger partial charge in [0.05, 0.1) is 11.0 Å². The van der Waals surface area contributed by atoms with Gasteiger partial charge in [-0.2, -0.15) is 0 Å². The highest BCUT2D eigenvalue weighted by atomic mass is 16.4. The lowest BCUT2D eigenvalue weighted by Gasteiger charge is -2.05. The molecule has 0 bridgehead atoms. The third kappa shape index (κ3) is 4.81. The number of aryl methyl sites for hydroxylation is 3. The number of carboxylic acid groups (broad SMARTS) is 1. The number of carboxylic acids is 1. The van der Waals surface area contributed by atoms with Gasteiger partial charge in [0.25, 0.3) is 0 Å². The third-order valence-corrected chi connectivity index (χ3v) is 3.93. The quantitative estimate of drug-likeness (QED) is 0.731. The number of hydrogen-bond donors (Lipinski definition) is 2. The van der Waals surface area contributed by atoms with Gasteiger partial charge in [-0.3, -0.25) is 9.59 Å². The van der Waals surface area contributed by atoms with Crippen LogP contribution in [0.5, 0.6) is 0 Å². The Balaban J connectivity index is 1.75. The smallest absolute Gasteiger partial charge is 0.303 e. The molecule has 0 atom stereocenters. The van der Waals surface area contributed by atoms with E-state index in [0.717, 1.165) is 29.7 Å². The zero-order chi connectivity index (χ0) is 16.8. The lowest BCUT2D eigenvalue weighted by molar-refractivity contribution is -0.137. The molecule has 0 aliphatic heterocycles. The molecule has 1 amide bonds. The minimum atomic E-state index is -0.834. The summed E-state index contributed by atoms with van der Waals surface area (Å²) in [7, 11) is 2.00. The van der Waals surface area contributed by atoms with E-state index in [1.54, 1.807) is 0 Å². The summed E-state index contributed by atoms with van der Waals surface area (Å²) in [4.78, 5) is 26.5. The van der Waals surface area contributed by atoms with Crippen LogP contribution in [0.15, 0.2) is 18.2 Å². The molecule has 0 aliphatic carbocycles. The third-order valence-electron chi connectivity index (χ3n) is 3.93. The second-order valence-corrected chi connectivity index (χ2v) is 5.74. The Hall–Kier alpha value is -2.37. The molecule has 0 fully saturated rings. The van der Waals surface area contributed by atoms with Crippen molar-refractivity contribution in [2.75, 3.05) is 6.54 Å². The van der Waals surface area contributed by atoms with E-state index in [0.29, 0.717) is 19.4 Å². The van der Waals surface area contributed by atoms with Crippen molar-refractivity contribution in [1.29, 1.82) is 0 Å². The van der Waals surface area contributed by atoms with Gasteiger partial charge in [0, 0.05) is 26.4 Å². The Morgan fingerprint density at radius 1 is 1.26 bits per heavy atom. The molecule has 2 rings (SSSR count). The van der Waals surface area contributed by atoms with E-state index >= 15 is 0 Å². The first-order chi connectivity index (χ1) is 11.0. The SMILES string of the molecule is Cc1nc2cc(CCCC(=O)NCCCC(=O)O)ccc2n1C. The van der Waals surface area contributed by atoms with Crippen molar-refractivity contribution < 1.29 is 14.7 Å². The number of rotatable bonds is 8. The summed E-state index contributed by atoms with van der Waals surface area (Å²) in [6.07, 6.45) is 2.60. The summed E-state index contributed by atoms with van der Waals surface area (Å²) in [5.74, 6) is 0.127. The monoisotopic (exact) mass is 317 g/mol. The van der Waals surface area contributed by atoms with Crippen molar-refractivity contribution in [3.63, 3.8) is 0 Å². The second-order valence-electron chi connectivity index (χ2n) is 5.74. The number of carbonyl (C=O) groups excluding carboxylic acids is 1. The molecule has 1 aromatic carbocycles. The first-order valence-corrected chi connectivity index (χ1v) is 7.88. The van der Waals surface area contributed by atoms with Crippen LogP contribution in [-0.4, -0.2) is 33.1 Å². The van der Waals surface area contributed by atoms with Gasteiger partial charge in [-0.25, -0.2) is 4.98 Å². The van der Waals surface area contributed by atoms with Gasteiger partial charge < -0.3 is 15.0 Å².